The maximum atomic E-state index is 4.34. The molecule has 1 N–H and O–H groups in total. The van der Waals surface area contributed by atoms with E-state index >= 15 is 0 Å². The van der Waals surface area contributed by atoms with Gasteiger partial charge in [-0.15, -0.1) is 0 Å². The van der Waals surface area contributed by atoms with E-state index in [1.165, 1.54) is 50.5 Å². The lowest BCUT2D eigenvalue weighted by Crippen LogP contribution is -2.40. The SMILES string of the molecule is Cc1cnn(CCNC2CCC3CCCCC3C2)c1. The highest BCUT2D eigenvalue weighted by Gasteiger charge is 2.31. The Bertz CT molecular complexity index is 398. The lowest BCUT2D eigenvalue weighted by atomic mass is 9.69. The van der Waals surface area contributed by atoms with Gasteiger partial charge in [0.2, 0.25) is 0 Å². The van der Waals surface area contributed by atoms with Gasteiger partial charge in [0, 0.05) is 18.8 Å². The predicted octanol–water partition coefficient (Wildman–Crippen LogP) is 3.14. The van der Waals surface area contributed by atoms with Gasteiger partial charge in [0.1, 0.15) is 0 Å². The molecule has 3 heteroatoms. The third-order valence-electron chi connectivity index (χ3n) is 5.08. The maximum Gasteiger partial charge on any atom is 0.0534 e. The molecule has 0 radical (unpaired) electrons. The quantitative estimate of drug-likeness (QED) is 0.902. The molecule has 0 amide bonds. The molecule has 2 aliphatic carbocycles. The molecule has 0 bridgehead atoms. The highest BCUT2D eigenvalue weighted by molar-refractivity contribution is 4.99. The van der Waals surface area contributed by atoms with Crippen molar-refractivity contribution in [1.29, 1.82) is 0 Å². The first-order valence-electron chi connectivity index (χ1n) is 8.04. The molecule has 3 atom stereocenters. The van der Waals surface area contributed by atoms with Gasteiger partial charge < -0.3 is 5.32 Å². The molecule has 2 fully saturated rings. The zero-order valence-electron chi connectivity index (χ0n) is 12.1. The Labute approximate surface area is 116 Å². The Balaban J connectivity index is 1.41. The van der Waals surface area contributed by atoms with Crippen LogP contribution in [0.2, 0.25) is 0 Å². The fraction of sp³-hybridized carbons (Fsp3) is 0.812. The molecule has 2 saturated carbocycles. The van der Waals surface area contributed by atoms with Gasteiger partial charge in [-0.2, -0.15) is 5.10 Å². The van der Waals surface area contributed by atoms with Crippen molar-refractivity contribution in [3.05, 3.63) is 18.0 Å². The van der Waals surface area contributed by atoms with E-state index in [0.717, 1.165) is 31.0 Å². The fourth-order valence-electron chi connectivity index (χ4n) is 4.03. The second kappa shape index (κ2) is 6.08. The lowest BCUT2D eigenvalue weighted by molar-refractivity contribution is 0.143. The van der Waals surface area contributed by atoms with Gasteiger partial charge >= 0.3 is 0 Å². The number of hydrogen-bond acceptors (Lipinski definition) is 2. The van der Waals surface area contributed by atoms with Crippen LogP contribution >= 0.6 is 0 Å². The first-order chi connectivity index (χ1) is 9.31. The third kappa shape index (κ3) is 3.38. The molecule has 0 aromatic carbocycles. The molecule has 2 aliphatic rings. The number of nitrogens with zero attached hydrogens (tertiary/aromatic N) is 2. The zero-order valence-corrected chi connectivity index (χ0v) is 12.1. The largest absolute Gasteiger partial charge is 0.312 e. The van der Waals surface area contributed by atoms with Crippen molar-refractivity contribution >= 4 is 0 Å². The van der Waals surface area contributed by atoms with E-state index in [1.807, 2.05) is 6.20 Å². The number of aryl methyl sites for hydroxylation is 1. The monoisotopic (exact) mass is 261 g/mol. The minimum Gasteiger partial charge on any atom is -0.312 e. The number of rotatable bonds is 4. The normalized spacial score (nSPS) is 31.1. The van der Waals surface area contributed by atoms with E-state index in [-0.39, 0.29) is 0 Å². The van der Waals surface area contributed by atoms with Crippen molar-refractivity contribution < 1.29 is 0 Å². The fourth-order valence-corrected chi connectivity index (χ4v) is 4.03. The van der Waals surface area contributed by atoms with Crippen LogP contribution in [0, 0.1) is 18.8 Å². The zero-order chi connectivity index (χ0) is 13.1. The van der Waals surface area contributed by atoms with Crippen molar-refractivity contribution in [2.75, 3.05) is 6.54 Å². The van der Waals surface area contributed by atoms with Crippen molar-refractivity contribution in [1.82, 2.24) is 15.1 Å². The Morgan fingerprint density at radius 1 is 1.21 bits per heavy atom. The molecular formula is C16H27N3. The molecule has 106 valence electrons. The van der Waals surface area contributed by atoms with Crippen LogP contribution in [0.25, 0.3) is 0 Å². The second-order valence-electron chi connectivity index (χ2n) is 6.55. The van der Waals surface area contributed by atoms with Crippen LogP contribution in [0.15, 0.2) is 12.4 Å². The molecule has 19 heavy (non-hydrogen) atoms. The summed E-state index contributed by atoms with van der Waals surface area (Å²) in [6.45, 7) is 4.16. The van der Waals surface area contributed by atoms with E-state index < -0.39 is 0 Å². The summed E-state index contributed by atoms with van der Waals surface area (Å²) in [6.07, 6.45) is 14.3. The van der Waals surface area contributed by atoms with Crippen LogP contribution in [0.1, 0.15) is 50.5 Å². The Kier molecular flexibility index (Phi) is 4.21. The molecule has 3 rings (SSSR count). The summed E-state index contributed by atoms with van der Waals surface area (Å²) in [6, 6.07) is 0.760. The smallest absolute Gasteiger partial charge is 0.0534 e. The van der Waals surface area contributed by atoms with Gasteiger partial charge in [0.25, 0.3) is 0 Å². The van der Waals surface area contributed by atoms with Crippen molar-refractivity contribution in [3.8, 4) is 0 Å². The average molecular weight is 261 g/mol. The first kappa shape index (κ1) is 13.2. The Morgan fingerprint density at radius 3 is 2.84 bits per heavy atom. The minimum atomic E-state index is 0.760. The van der Waals surface area contributed by atoms with Gasteiger partial charge in [0.05, 0.1) is 12.7 Å². The van der Waals surface area contributed by atoms with Crippen molar-refractivity contribution in [3.63, 3.8) is 0 Å². The number of hydrogen-bond donors (Lipinski definition) is 1. The van der Waals surface area contributed by atoms with E-state index in [1.54, 1.807) is 0 Å². The van der Waals surface area contributed by atoms with Gasteiger partial charge in [0.15, 0.2) is 0 Å². The van der Waals surface area contributed by atoms with Gasteiger partial charge in [-0.05, 0) is 43.6 Å². The van der Waals surface area contributed by atoms with Crippen LogP contribution in [0.5, 0.6) is 0 Å². The van der Waals surface area contributed by atoms with Crippen molar-refractivity contribution in [2.24, 2.45) is 11.8 Å². The van der Waals surface area contributed by atoms with Gasteiger partial charge in [-0.1, -0.05) is 25.7 Å². The van der Waals surface area contributed by atoms with E-state index in [4.69, 9.17) is 0 Å². The highest BCUT2D eigenvalue weighted by atomic mass is 15.3. The molecule has 3 unspecified atom stereocenters. The molecular weight excluding hydrogens is 234 g/mol. The van der Waals surface area contributed by atoms with Crippen molar-refractivity contribution in [2.45, 2.75) is 64.5 Å². The first-order valence-corrected chi connectivity index (χ1v) is 8.04. The van der Waals surface area contributed by atoms with Crippen LogP contribution in [0.3, 0.4) is 0 Å². The Morgan fingerprint density at radius 2 is 2.05 bits per heavy atom. The standard InChI is InChI=1S/C16H27N3/c1-13-11-18-19(12-13)9-8-17-16-7-6-14-4-2-3-5-15(14)10-16/h11-12,14-17H,2-10H2,1H3. The third-order valence-corrected chi connectivity index (χ3v) is 5.08. The summed E-state index contributed by atoms with van der Waals surface area (Å²) in [5.74, 6) is 2.08. The molecule has 3 nitrogen and oxygen atoms in total. The predicted molar refractivity (Wildman–Crippen MR) is 78.1 cm³/mol. The van der Waals surface area contributed by atoms with E-state index in [9.17, 15) is 0 Å². The summed E-state index contributed by atoms with van der Waals surface area (Å²) in [7, 11) is 0. The number of fused-ring (bicyclic) bond motifs is 1. The number of aromatic nitrogens is 2. The summed E-state index contributed by atoms with van der Waals surface area (Å²) in [5, 5.41) is 8.09. The topological polar surface area (TPSA) is 29.9 Å². The second-order valence-corrected chi connectivity index (χ2v) is 6.55. The van der Waals surface area contributed by atoms with E-state index in [2.05, 4.69) is 28.2 Å². The maximum absolute atomic E-state index is 4.34. The van der Waals surface area contributed by atoms with Crippen LogP contribution in [-0.2, 0) is 6.54 Å². The van der Waals surface area contributed by atoms with Crippen LogP contribution in [-0.4, -0.2) is 22.4 Å². The molecule has 1 aromatic heterocycles. The summed E-state index contributed by atoms with van der Waals surface area (Å²) < 4.78 is 2.05. The average Bonchev–Trinajstić information content (AvgIpc) is 2.84. The number of nitrogens with one attached hydrogen (secondary N) is 1. The summed E-state index contributed by atoms with van der Waals surface area (Å²) >= 11 is 0. The molecule has 0 aliphatic heterocycles. The van der Waals surface area contributed by atoms with E-state index in [0.29, 0.717) is 0 Å². The van der Waals surface area contributed by atoms with Gasteiger partial charge in [-0.3, -0.25) is 4.68 Å². The van der Waals surface area contributed by atoms with Crippen LogP contribution < -0.4 is 5.32 Å². The molecule has 1 heterocycles. The Hall–Kier alpha value is -0.830. The molecule has 0 spiro atoms. The van der Waals surface area contributed by atoms with Crippen LogP contribution in [0.4, 0.5) is 0 Å². The lowest BCUT2D eigenvalue weighted by Gasteiger charge is -2.39. The summed E-state index contributed by atoms with van der Waals surface area (Å²) in [4.78, 5) is 0. The molecule has 1 aromatic rings. The minimum absolute atomic E-state index is 0.760. The van der Waals surface area contributed by atoms with Gasteiger partial charge in [-0.25, -0.2) is 0 Å². The summed E-state index contributed by atoms with van der Waals surface area (Å²) in [5.41, 5.74) is 1.25. The highest BCUT2D eigenvalue weighted by Crippen LogP contribution is 2.40. The molecule has 0 saturated heterocycles.